The zero-order chi connectivity index (χ0) is 11.5. The molecule has 1 saturated heterocycles. The number of aliphatic carboxylic acids is 1. The van der Waals surface area contributed by atoms with Crippen LogP contribution in [0.4, 0.5) is 0 Å². The fraction of sp³-hybridized carbons (Fsp3) is 0.750. The summed E-state index contributed by atoms with van der Waals surface area (Å²) in [5.41, 5.74) is -0.561. The fourth-order valence-electron chi connectivity index (χ4n) is 2.22. The molecule has 0 saturated carbocycles. The van der Waals surface area contributed by atoms with Crippen molar-refractivity contribution >= 4 is 5.97 Å². The van der Waals surface area contributed by atoms with Crippen molar-refractivity contribution in [1.82, 2.24) is 4.90 Å². The molecule has 1 N–H and O–H groups in total. The second-order valence-electron chi connectivity index (χ2n) is 4.60. The quantitative estimate of drug-likeness (QED) is 0.712. The number of rotatable bonds is 4. The first-order valence-electron chi connectivity index (χ1n) is 5.42. The predicted octanol–water partition coefficient (Wildman–Crippen LogP) is 1.44. The van der Waals surface area contributed by atoms with Gasteiger partial charge in [0.15, 0.2) is 0 Å². The highest BCUT2D eigenvalue weighted by Crippen LogP contribution is 2.38. The molecule has 1 aliphatic rings. The summed E-state index contributed by atoms with van der Waals surface area (Å²) in [6.07, 6.45) is 6.64. The monoisotopic (exact) mass is 209 g/mol. The molecule has 0 aromatic carbocycles. The zero-order valence-electron chi connectivity index (χ0n) is 9.49. The molecular weight excluding hydrogens is 190 g/mol. The molecule has 0 amide bonds. The summed E-state index contributed by atoms with van der Waals surface area (Å²) in [5.74, 6) is 2.10. The van der Waals surface area contributed by atoms with Crippen LogP contribution in [0, 0.1) is 23.7 Å². The second kappa shape index (κ2) is 4.67. The van der Waals surface area contributed by atoms with Crippen LogP contribution >= 0.6 is 0 Å². The van der Waals surface area contributed by atoms with E-state index in [0.29, 0.717) is 13.0 Å². The largest absolute Gasteiger partial charge is 0.481 e. The highest BCUT2D eigenvalue weighted by molar-refractivity contribution is 5.75. The van der Waals surface area contributed by atoms with Crippen LogP contribution in [0.25, 0.3) is 0 Å². The lowest BCUT2D eigenvalue weighted by atomic mass is 9.76. The van der Waals surface area contributed by atoms with Gasteiger partial charge in [0, 0.05) is 19.5 Å². The van der Waals surface area contributed by atoms with Crippen LogP contribution < -0.4 is 0 Å². The van der Waals surface area contributed by atoms with Gasteiger partial charge in [0.05, 0.1) is 5.41 Å². The highest BCUT2D eigenvalue weighted by Gasteiger charge is 2.46. The van der Waals surface area contributed by atoms with Gasteiger partial charge in [-0.05, 0) is 18.9 Å². The SMILES string of the molecule is C#CCCN1CCC(C(=O)O)(C(C)C)C1. The summed E-state index contributed by atoms with van der Waals surface area (Å²) in [7, 11) is 0. The summed E-state index contributed by atoms with van der Waals surface area (Å²) in [5, 5.41) is 9.31. The third-order valence-electron chi connectivity index (χ3n) is 3.48. The Balaban J connectivity index is 2.65. The summed E-state index contributed by atoms with van der Waals surface area (Å²) in [6.45, 7) is 6.28. The van der Waals surface area contributed by atoms with Crippen LogP contribution in [0.2, 0.25) is 0 Å². The van der Waals surface area contributed by atoms with Crippen molar-refractivity contribution in [3.05, 3.63) is 0 Å². The number of nitrogens with zero attached hydrogens (tertiary/aromatic N) is 1. The number of hydrogen-bond acceptors (Lipinski definition) is 2. The number of carboxylic acids is 1. The number of likely N-dealkylation sites (tertiary alicyclic amines) is 1. The Morgan fingerprint density at radius 3 is 2.73 bits per heavy atom. The van der Waals surface area contributed by atoms with Crippen molar-refractivity contribution in [1.29, 1.82) is 0 Å². The van der Waals surface area contributed by atoms with Gasteiger partial charge in [-0.25, -0.2) is 0 Å². The van der Waals surface area contributed by atoms with Crippen molar-refractivity contribution in [3.8, 4) is 12.3 Å². The van der Waals surface area contributed by atoms with Crippen molar-refractivity contribution in [2.24, 2.45) is 11.3 Å². The van der Waals surface area contributed by atoms with E-state index in [-0.39, 0.29) is 5.92 Å². The zero-order valence-corrected chi connectivity index (χ0v) is 9.49. The maximum absolute atomic E-state index is 11.3. The van der Waals surface area contributed by atoms with Crippen LogP contribution in [-0.4, -0.2) is 35.6 Å². The number of hydrogen-bond donors (Lipinski definition) is 1. The van der Waals surface area contributed by atoms with Crippen LogP contribution in [0.15, 0.2) is 0 Å². The first-order chi connectivity index (χ1) is 7.03. The van der Waals surface area contributed by atoms with Crippen molar-refractivity contribution in [2.45, 2.75) is 26.7 Å². The van der Waals surface area contributed by atoms with Crippen LogP contribution in [-0.2, 0) is 4.79 Å². The normalized spacial score (nSPS) is 26.8. The topological polar surface area (TPSA) is 40.5 Å². The molecule has 15 heavy (non-hydrogen) atoms. The van der Waals surface area contributed by atoms with E-state index >= 15 is 0 Å². The molecule has 1 heterocycles. The van der Waals surface area contributed by atoms with Crippen molar-refractivity contribution < 1.29 is 9.90 Å². The molecule has 1 rings (SSSR count). The maximum atomic E-state index is 11.3. The number of carboxylic acid groups (broad SMARTS) is 1. The van der Waals surface area contributed by atoms with E-state index in [0.717, 1.165) is 19.5 Å². The van der Waals surface area contributed by atoms with E-state index in [9.17, 15) is 9.90 Å². The van der Waals surface area contributed by atoms with Gasteiger partial charge in [-0.15, -0.1) is 12.3 Å². The molecule has 84 valence electrons. The number of carbonyl (C=O) groups is 1. The van der Waals surface area contributed by atoms with Crippen LogP contribution in [0.1, 0.15) is 26.7 Å². The number of terminal acetylenes is 1. The Morgan fingerprint density at radius 2 is 2.33 bits per heavy atom. The Bertz CT molecular complexity index is 280. The third-order valence-corrected chi connectivity index (χ3v) is 3.48. The highest BCUT2D eigenvalue weighted by atomic mass is 16.4. The minimum Gasteiger partial charge on any atom is -0.481 e. The Kier molecular flexibility index (Phi) is 3.76. The standard InChI is InChI=1S/C12H19NO2/c1-4-5-7-13-8-6-12(9-13,10(2)3)11(14)15/h1,10H,5-9H2,2-3H3,(H,14,15). The molecule has 0 spiro atoms. The minimum atomic E-state index is -0.666. The summed E-state index contributed by atoms with van der Waals surface area (Å²) in [6, 6.07) is 0. The maximum Gasteiger partial charge on any atom is 0.311 e. The molecule has 0 aliphatic carbocycles. The van der Waals surface area contributed by atoms with Gasteiger partial charge in [-0.1, -0.05) is 13.8 Å². The Morgan fingerprint density at radius 1 is 1.67 bits per heavy atom. The third kappa shape index (κ3) is 2.32. The molecular formula is C12H19NO2. The Labute approximate surface area is 91.5 Å². The van der Waals surface area contributed by atoms with Crippen molar-refractivity contribution in [2.75, 3.05) is 19.6 Å². The molecule has 3 heteroatoms. The molecule has 1 aliphatic heterocycles. The molecule has 1 fully saturated rings. The average molecular weight is 209 g/mol. The van der Waals surface area contributed by atoms with E-state index < -0.39 is 11.4 Å². The van der Waals surface area contributed by atoms with Crippen LogP contribution in [0.3, 0.4) is 0 Å². The fourth-order valence-corrected chi connectivity index (χ4v) is 2.22. The molecule has 3 nitrogen and oxygen atoms in total. The minimum absolute atomic E-state index is 0.172. The molecule has 0 aromatic rings. The van der Waals surface area contributed by atoms with E-state index in [1.807, 2.05) is 13.8 Å². The molecule has 0 aromatic heterocycles. The van der Waals surface area contributed by atoms with E-state index in [1.54, 1.807) is 0 Å². The summed E-state index contributed by atoms with van der Waals surface area (Å²) < 4.78 is 0. The molecule has 1 unspecified atom stereocenters. The average Bonchev–Trinajstić information content (AvgIpc) is 2.60. The lowest BCUT2D eigenvalue weighted by Crippen LogP contribution is -2.39. The van der Waals surface area contributed by atoms with Crippen LogP contribution in [0.5, 0.6) is 0 Å². The van der Waals surface area contributed by atoms with E-state index in [1.165, 1.54) is 0 Å². The van der Waals surface area contributed by atoms with Gasteiger partial charge in [0.1, 0.15) is 0 Å². The van der Waals surface area contributed by atoms with Gasteiger partial charge in [-0.3, -0.25) is 4.79 Å². The lowest BCUT2D eigenvalue weighted by Gasteiger charge is -2.28. The molecule has 1 atom stereocenters. The lowest BCUT2D eigenvalue weighted by molar-refractivity contribution is -0.151. The van der Waals surface area contributed by atoms with Crippen molar-refractivity contribution in [3.63, 3.8) is 0 Å². The van der Waals surface area contributed by atoms with E-state index in [2.05, 4.69) is 10.8 Å². The van der Waals surface area contributed by atoms with Gasteiger partial charge in [-0.2, -0.15) is 0 Å². The van der Waals surface area contributed by atoms with E-state index in [4.69, 9.17) is 6.42 Å². The summed E-state index contributed by atoms with van der Waals surface area (Å²) >= 11 is 0. The molecule has 0 bridgehead atoms. The van der Waals surface area contributed by atoms with Gasteiger partial charge in [0.25, 0.3) is 0 Å². The van der Waals surface area contributed by atoms with Gasteiger partial charge >= 0.3 is 5.97 Å². The summed E-state index contributed by atoms with van der Waals surface area (Å²) in [4.78, 5) is 13.5. The van der Waals surface area contributed by atoms with Gasteiger partial charge in [0.2, 0.25) is 0 Å². The first kappa shape index (κ1) is 12.1. The van der Waals surface area contributed by atoms with Gasteiger partial charge < -0.3 is 10.0 Å². The smallest absolute Gasteiger partial charge is 0.311 e. The Hall–Kier alpha value is -1.01. The molecule has 0 radical (unpaired) electrons. The predicted molar refractivity (Wildman–Crippen MR) is 59.4 cm³/mol. The second-order valence-corrected chi connectivity index (χ2v) is 4.60. The first-order valence-corrected chi connectivity index (χ1v) is 5.42.